The van der Waals surface area contributed by atoms with E-state index < -0.39 is 5.82 Å². The van der Waals surface area contributed by atoms with Gasteiger partial charge in [-0.1, -0.05) is 41.6 Å². The first kappa shape index (κ1) is 20.0. The zero-order valence-corrected chi connectivity index (χ0v) is 17.2. The van der Waals surface area contributed by atoms with Crippen LogP contribution in [0.3, 0.4) is 0 Å². The number of nitrogens with one attached hydrogen (secondary N) is 1. The maximum absolute atomic E-state index is 13.6. The van der Waals surface area contributed by atoms with E-state index in [2.05, 4.69) is 20.3 Å². The Hall–Kier alpha value is -3.88. The van der Waals surface area contributed by atoms with Gasteiger partial charge in [-0.15, -0.1) is 5.10 Å². The molecule has 2 aromatic carbocycles. The van der Waals surface area contributed by atoms with Crippen LogP contribution in [-0.2, 0) is 6.54 Å². The number of carbonyl (C=O) groups is 1. The van der Waals surface area contributed by atoms with Crippen LogP contribution in [0, 0.1) is 5.82 Å². The second kappa shape index (κ2) is 8.33. The van der Waals surface area contributed by atoms with Gasteiger partial charge in [0.15, 0.2) is 11.2 Å². The Morgan fingerprint density at radius 2 is 2.00 bits per heavy atom. The lowest BCUT2D eigenvalue weighted by molar-refractivity contribution is 0.0704. The molecule has 1 N–H and O–H groups in total. The molecule has 1 aliphatic heterocycles. The van der Waals surface area contributed by atoms with Gasteiger partial charge in [-0.05, 0) is 36.6 Å². The van der Waals surface area contributed by atoms with Crippen molar-refractivity contribution in [2.45, 2.75) is 25.3 Å². The fourth-order valence-electron chi connectivity index (χ4n) is 4.13. The first-order chi connectivity index (χ1) is 15.6. The SMILES string of the molecule is O=C(c1cccc(F)c1)N1CCC[C@H](c2nc3c(nnn3Cc3ccccc3)c(=O)[nH]2)C1. The minimum Gasteiger partial charge on any atom is -0.338 e. The van der Waals surface area contributed by atoms with Crippen molar-refractivity contribution < 1.29 is 9.18 Å². The van der Waals surface area contributed by atoms with E-state index in [1.807, 2.05) is 30.3 Å². The topological polar surface area (TPSA) is 96.8 Å². The van der Waals surface area contributed by atoms with E-state index in [9.17, 15) is 14.0 Å². The minimum atomic E-state index is -0.444. The highest BCUT2D eigenvalue weighted by molar-refractivity contribution is 5.94. The summed E-state index contributed by atoms with van der Waals surface area (Å²) in [7, 11) is 0. The molecule has 1 atom stereocenters. The number of hydrogen-bond acceptors (Lipinski definition) is 5. The lowest BCUT2D eigenvalue weighted by Gasteiger charge is -2.32. The first-order valence-corrected chi connectivity index (χ1v) is 10.5. The van der Waals surface area contributed by atoms with E-state index in [-0.39, 0.29) is 22.9 Å². The van der Waals surface area contributed by atoms with Crippen molar-refractivity contribution in [2.75, 3.05) is 13.1 Å². The van der Waals surface area contributed by atoms with Crippen LogP contribution in [0.1, 0.15) is 40.5 Å². The molecule has 1 fully saturated rings. The smallest absolute Gasteiger partial charge is 0.281 e. The number of H-pyrrole nitrogens is 1. The summed E-state index contributed by atoms with van der Waals surface area (Å²) >= 11 is 0. The van der Waals surface area contributed by atoms with Crippen LogP contribution in [0.2, 0.25) is 0 Å². The molecule has 8 nitrogen and oxygen atoms in total. The fraction of sp³-hybridized carbons (Fsp3) is 0.261. The number of carbonyl (C=O) groups excluding carboxylic acids is 1. The number of nitrogens with zero attached hydrogens (tertiary/aromatic N) is 5. The Bertz CT molecular complexity index is 1330. The lowest BCUT2D eigenvalue weighted by Crippen LogP contribution is -2.40. The number of halogens is 1. The van der Waals surface area contributed by atoms with Crippen LogP contribution in [0.25, 0.3) is 11.2 Å². The number of rotatable bonds is 4. The van der Waals surface area contributed by atoms with Crippen molar-refractivity contribution in [3.05, 3.63) is 87.7 Å². The molecule has 0 spiro atoms. The number of hydrogen-bond donors (Lipinski definition) is 1. The maximum atomic E-state index is 13.6. The summed E-state index contributed by atoms with van der Waals surface area (Å²) in [6, 6.07) is 15.4. The van der Waals surface area contributed by atoms with Crippen molar-refractivity contribution >= 4 is 17.1 Å². The molecule has 2 aromatic heterocycles. The van der Waals surface area contributed by atoms with E-state index in [4.69, 9.17) is 0 Å². The summed E-state index contributed by atoms with van der Waals surface area (Å²) < 4.78 is 15.2. The second-order valence-corrected chi connectivity index (χ2v) is 7.96. The van der Waals surface area contributed by atoms with Gasteiger partial charge >= 0.3 is 0 Å². The molecular weight excluding hydrogens is 411 g/mol. The van der Waals surface area contributed by atoms with Gasteiger partial charge in [-0.2, -0.15) is 0 Å². The second-order valence-electron chi connectivity index (χ2n) is 7.96. The third-order valence-corrected chi connectivity index (χ3v) is 5.73. The Kier molecular flexibility index (Phi) is 5.22. The van der Waals surface area contributed by atoms with Crippen molar-refractivity contribution in [2.24, 2.45) is 0 Å². The Labute approximate surface area is 182 Å². The molecule has 1 saturated heterocycles. The molecule has 32 heavy (non-hydrogen) atoms. The zero-order chi connectivity index (χ0) is 22.1. The number of fused-ring (bicyclic) bond motifs is 1. The number of aromatic amines is 1. The van der Waals surface area contributed by atoms with Crippen LogP contribution < -0.4 is 5.56 Å². The number of likely N-dealkylation sites (tertiary alicyclic amines) is 1. The van der Waals surface area contributed by atoms with Gasteiger partial charge in [-0.25, -0.2) is 14.1 Å². The molecule has 3 heterocycles. The molecular formula is C23H21FN6O2. The summed E-state index contributed by atoms with van der Waals surface area (Å²) in [5.41, 5.74) is 1.59. The van der Waals surface area contributed by atoms with Crippen LogP contribution in [-0.4, -0.2) is 48.9 Å². The molecule has 0 saturated carbocycles. The van der Waals surface area contributed by atoms with E-state index in [0.717, 1.165) is 18.4 Å². The Morgan fingerprint density at radius 1 is 1.16 bits per heavy atom. The van der Waals surface area contributed by atoms with Crippen LogP contribution in [0.5, 0.6) is 0 Å². The van der Waals surface area contributed by atoms with Crippen LogP contribution in [0.15, 0.2) is 59.4 Å². The molecule has 0 bridgehead atoms. The standard InChI is InChI=1S/C23H21FN6O2/c24-18-10-4-8-16(12-18)23(32)29-11-5-9-17(14-29)20-25-21-19(22(31)26-20)27-28-30(21)13-15-6-2-1-3-7-15/h1-4,6-8,10,12,17H,5,9,11,13-14H2,(H,25,26,31)/t17-/m0/s1. The van der Waals surface area contributed by atoms with Crippen LogP contribution in [0.4, 0.5) is 4.39 Å². The van der Waals surface area contributed by atoms with Crippen molar-refractivity contribution in [3.63, 3.8) is 0 Å². The molecule has 5 rings (SSSR count). The molecule has 9 heteroatoms. The van der Waals surface area contributed by atoms with Gasteiger partial charge < -0.3 is 9.88 Å². The molecule has 162 valence electrons. The Morgan fingerprint density at radius 3 is 2.81 bits per heavy atom. The number of benzene rings is 2. The summed E-state index contributed by atoms with van der Waals surface area (Å²) in [6.07, 6.45) is 1.54. The van der Waals surface area contributed by atoms with E-state index in [1.165, 1.54) is 18.2 Å². The van der Waals surface area contributed by atoms with Crippen molar-refractivity contribution in [1.29, 1.82) is 0 Å². The number of amides is 1. The average Bonchev–Trinajstić information content (AvgIpc) is 3.22. The minimum absolute atomic E-state index is 0.140. The Balaban J connectivity index is 1.43. The normalized spacial score (nSPS) is 16.4. The van der Waals surface area contributed by atoms with Gasteiger partial charge in [0.1, 0.15) is 11.6 Å². The summed E-state index contributed by atoms with van der Waals surface area (Å²) in [6.45, 7) is 1.41. The summed E-state index contributed by atoms with van der Waals surface area (Å²) in [5.74, 6) is -0.303. The molecule has 4 aromatic rings. The van der Waals surface area contributed by atoms with Gasteiger partial charge in [0.05, 0.1) is 6.54 Å². The highest BCUT2D eigenvalue weighted by atomic mass is 19.1. The third kappa shape index (κ3) is 3.89. The van der Waals surface area contributed by atoms with Gasteiger partial charge in [0.25, 0.3) is 11.5 Å². The molecule has 0 unspecified atom stereocenters. The quantitative estimate of drug-likeness (QED) is 0.535. The zero-order valence-electron chi connectivity index (χ0n) is 17.2. The number of aromatic nitrogens is 5. The summed E-state index contributed by atoms with van der Waals surface area (Å²) in [4.78, 5) is 34.7. The lowest BCUT2D eigenvalue weighted by atomic mass is 9.96. The highest BCUT2D eigenvalue weighted by Gasteiger charge is 2.28. The maximum Gasteiger partial charge on any atom is 0.281 e. The fourth-order valence-corrected chi connectivity index (χ4v) is 4.13. The molecule has 1 aliphatic rings. The van der Waals surface area contributed by atoms with E-state index in [1.54, 1.807) is 15.6 Å². The number of piperidine rings is 1. The monoisotopic (exact) mass is 432 g/mol. The predicted octanol–water partition coefficient (Wildman–Crippen LogP) is 2.72. The molecule has 1 amide bonds. The third-order valence-electron chi connectivity index (χ3n) is 5.73. The van der Waals surface area contributed by atoms with Gasteiger partial charge in [-0.3, -0.25) is 9.59 Å². The van der Waals surface area contributed by atoms with Gasteiger partial charge in [0.2, 0.25) is 0 Å². The largest absolute Gasteiger partial charge is 0.338 e. The average molecular weight is 432 g/mol. The first-order valence-electron chi connectivity index (χ1n) is 10.5. The molecule has 0 radical (unpaired) electrons. The van der Waals surface area contributed by atoms with Crippen molar-refractivity contribution in [3.8, 4) is 0 Å². The van der Waals surface area contributed by atoms with E-state index >= 15 is 0 Å². The van der Waals surface area contributed by atoms with E-state index in [0.29, 0.717) is 36.7 Å². The molecule has 0 aliphatic carbocycles. The van der Waals surface area contributed by atoms with Crippen molar-refractivity contribution in [1.82, 2.24) is 29.9 Å². The summed E-state index contributed by atoms with van der Waals surface area (Å²) in [5, 5.41) is 8.11. The van der Waals surface area contributed by atoms with Crippen LogP contribution >= 0.6 is 0 Å². The predicted molar refractivity (Wildman–Crippen MR) is 116 cm³/mol. The van der Waals surface area contributed by atoms with Gasteiger partial charge in [0, 0.05) is 24.6 Å². The highest BCUT2D eigenvalue weighted by Crippen LogP contribution is 2.26.